The summed E-state index contributed by atoms with van der Waals surface area (Å²) in [6.07, 6.45) is 5.13. The molecule has 0 aromatic heterocycles. The van der Waals surface area contributed by atoms with E-state index in [4.69, 9.17) is 0 Å². The van der Waals surface area contributed by atoms with Gasteiger partial charge in [0, 0.05) is 19.0 Å². The van der Waals surface area contributed by atoms with Crippen molar-refractivity contribution in [2.75, 3.05) is 13.1 Å². The molecule has 1 amide bonds. The van der Waals surface area contributed by atoms with Crippen molar-refractivity contribution in [3.05, 3.63) is 0 Å². The summed E-state index contributed by atoms with van der Waals surface area (Å²) in [5.74, 6) is -0.163. The van der Waals surface area contributed by atoms with E-state index in [2.05, 4.69) is 17.1 Å². The highest BCUT2D eigenvalue weighted by Crippen LogP contribution is 2.29. The summed E-state index contributed by atoms with van der Waals surface area (Å²) in [6, 6.07) is -0.309. The van der Waals surface area contributed by atoms with Crippen LogP contribution in [0.4, 0.5) is 0 Å². The Morgan fingerprint density at radius 3 is 2.95 bits per heavy atom. The molecule has 0 aromatic rings. The van der Waals surface area contributed by atoms with Crippen molar-refractivity contribution in [2.24, 2.45) is 5.92 Å². The second kappa shape index (κ2) is 6.37. The lowest BCUT2D eigenvalue weighted by atomic mass is 9.87. The molecule has 19 heavy (non-hydrogen) atoms. The molecule has 2 N–H and O–H groups in total. The third kappa shape index (κ3) is 3.47. The summed E-state index contributed by atoms with van der Waals surface area (Å²) >= 11 is 0. The second-order valence-electron chi connectivity index (χ2n) is 5.74. The standard InChI is InChI=1S/C14H24N2O3/c1-2-10-5-7-16(12(8-10)14(18)19)11-4-3-6-15-13(17)9-11/h10-12H,2-9H2,1H3,(H,15,17)(H,18,19). The molecule has 0 aliphatic carbocycles. The summed E-state index contributed by atoms with van der Waals surface area (Å²) in [7, 11) is 0. The highest BCUT2D eigenvalue weighted by atomic mass is 16.4. The zero-order chi connectivity index (χ0) is 13.8. The minimum absolute atomic E-state index is 0.0595. The number of rotatable bonds is 3. The molecule has 5 heteroatoms. The number of carbonyl (C=O) groups excluding carboxylic acids is 1. The van der Waals surface area contributed by atoms with Crippen molar-refractivity contribution in [1.29, 1.82) is 0 Å². The van der Waals surface area contributed by atoms with Gasteiger partial charge in [0.05, 0.1) is 0 Å². The molecular weight excluding hydrogens is 244 g/mol. The minimum atomic E-state index is -0.734. The Balaban J connectivity index is 2.07. The Labute approximate surface area is 114 Å². The molecule has 3 unspecified atom stereocenters. The first-order valence-electron chi connectivity index (χ1n) is 7.37. The lowest BCUT2D eigenvalue weighted by Gasteiger charge is -2.41. The Kier molecular flexibility index (Phi) is 4.80. The van der Waals surface area contributed by atoms with E-state index in [1.165, 1.54) is 0 Å². The van der Waals surface area contributed by atoms with Gasteiger partial charge in [0.25, 0.3) is 0 Å². The fraction of sp³-hybridized carbons (Fsp3) is 0.857. The predicted molar refractivity (Wildman–Crippen MR) is 71.8 cm³/mol. The largest absolute Gasteiger partial charge is 0.480 e. The molecule has 0 radical (unpaired) electrons. The first-order chi connectivity index (χ1) is 9.11. The number of likely N-dealkylation sites (tertiary alicyclic amines) is 1. The van der Waals surface area contributed by atoms with Crippen LogP contribution in [0.15, 0.2) is 0 Å². The van der Waals surface area contributed by atoms with Crippen molar-refractivity contribution in [3.8, 4) is 0 Å². The average molecular weight is 268 g/mol. The third-order valence-corrected chi connectivity index (χ3v) is 4.54. The van der Waals surface area contributed by atoms with Gasteiger partial charge in [-0.3, -0.25) is 14.5 Å². The highest BCUT2D eigenvalue weighted by Gasteiger charge is 2.37. The molecule has 2 aliphatic heterocycles. The molecule has 0 aromatic carbocycles. The molecule has 0 spiro atoms. The molecule has 2 rings (SSSR count). The van der Waals surface area contributed by atoms with E-state index >= 15 is 0 Å². The molecule has 3 atom stereocenters. The second-order valence-corrected chi connectivity index (χ2v) is 5.74. The van der Waals surface area contributed by atoms with Crippen LogP contribution < -0.4 is 5.32 Å². The maximum atomic E-state index is 11.6. The Bertz CT molecular complexity index is 346. The zero-order valence-electron chi connectivity index (χ0n) is 11.6. The number of carboxylic acids is 1. The van der Waals surface area contributed by atoms with Crippen LogP contribution in [0, 0.1) is 5.92 Å². The van der Waals surface area contributed by atoms with Gasteiger partial charge in [0.15, 0.2) is 0 Å². The number of nitrogens with one attached hydrogen (secondary N) is 1. The van der Waals surface area contributed by atoms with Crippen LogP contribution in [0.3, 0.4) is 0 Å². The van der Waals surface area contributed by atoms with E-state index in [0.717, 1.165) is 45.2 Å². The van der Waals surface area contributed by atoms with Gasteiger partial charge in [-0.05, 0) is 38.1 Å². The third-order valence-electron chi connectivity index (χ3n) is 4.54. The van der Waals surface area contributed by atoms with Crippen molar-refractivity contribution in [3.63, 3.8) is 0 Å². The summed E-state index contributed by atoms with van der Waals surface area (Å²) in [6.45, 7) is 3.66. The van der Waals surface area contributed by atoms with Crippen LogP contribution in [-0.2, 0) is 9.59 Å². The van der Waals surface area contributed by atoms with Crippen LogP contribution >= 0.6 is 0 Å². The zero-order valence-corrected chi connectivity index (χ0v) is 11.6. The number of carboxylic acid groups (broad SMARTS) is 1. The van der Waals surface area contributed by atoms with Crippen molar-refractivity contribution in [2.45, 2.75) is 57.5 Å². The summed E-state index contributed by atoms with van der Waals surface area (Å²) < 4.78 is 0. The molecule has 2 saturated heterocycles. The summed E-state index contributed by atoms with van der Waals surface area (Å²) in [5.41, 5.74) is 0. The van der Waals surface area contributed by atoms with E-state index in [0.29, 0.717) is 12.3 Å². The van der Waals surface area contributed by atoms with Gasteiger partial charge >= 0.3 is 5.97 Å². The number of hydrogen-bond acceptors (Lipinski definition) is 3. The summed E-state index contributed by atoms with van der Waals surface area (Å²) in [5, 5.41) is 12.3. The van der Waals surface area contributed by atoms with Gasteiger partial charge in [-0.2, -0.15) is 0 Å². The molecule has 2 heterocycles. The lowest BCUT2D eigenvalue weighted by molar-refractivity contribution is -0.147. The maximum absolute atomic E-state index is 11.6. The summed E-state index contributed by atoms with van der Waals surface area (Å²) in [4.78, 5) is 25.2. The van der Waals surface area contributed by atoms with E-state index in [1.807, 2.05) is 0 Å². The lowest BCUT2D eigenvalue weighted by Crippen LogP contribution is -2.52. The molecule has 2 fully saturated rings. The topological polar surface area (TPSA) is 69.6 Å². The van der Waals surface area contributed by atoms with Crippen LogP contribution in [0.5, 0.6) is 0 Å². The fourth-order valence-electron chi connectivity index (χ4n) is 3.34. The first kappa shape index (κ1) is 14.3. The number of carbonyl (C=O) groups is 2. The van der Waals surface area contributed by atoms with Crippen LogP contribution in [0.1, 0.15) is 45.4 Å². The van der Waals surface area contributed by atoms with Gasteiger partial charge in [0.2, 0.25) is 5.91 Å². The van der Waals surface area contributed by atoms with Gasteiger partial charge in [0.1, 0.15) is 6.04 Å². The highest BCUT2D eigenvalue weighted by molar-refractivity contribution is 5.77. The van der Waals surface area contributed by atoms with Crippen molar-refractivity contribution >= 4 is 11.9 Å². The average Bonchev–Trinajstić information content (AvgIpc) is 2.62. The predicted octanol–water partition coefficient (Wildman–Crippen LogP) is 1.23. The monoisotopic (exact) mass is 268 g/mol. The minimum Gasteiger partial charge on any atom is -0.480 e. The van der Waals surface area contributed by atoms with Gasteiger partial charge < -0.3 is 10.4 Å². The van der Waals surface area contributed by atoms with E-state index in [9.17, 15) is 14.7 Å². The number of amides is 1. The molecule has 108 valence electrons. The molecule has 0 bridgehead atoms. The Morgan fingerprint density at radius 1 is 1.47 bits per heavy atom. The van der Waals surface area contributed by atoms with Gasteiger partial charge in [-0.25, -0.2) is 0 Å². The fourth-order valence-corrected chi connectivity index (χ4v) is 3.34. The smallest absolute Gasteiger partial charge is 0.320 e. The van der Waals surface area contributed by atoms with Crippen LogP contribution in [0.25, 0.3) is 0 Å². The van der Waals surface area contributed by atoms with Gasteiger partial charge in [-0.15, -0.1) is 0 Å². The van der Waals surface area contributed by atoms with Crippen molar-refractivity contribution < 1.29 is 14.7 Å². The van der Waals surface area contributed by atoms with Crippen molar-refractivity contribution in [1.82, 2.24) is 10.2 Å². The Morgan fingerprint density at radius 2 is 2.26 bits per heavy atom. The van der Waals surface area contributed by atoms with E-state index in [-0.39, 0.29) is 11.9 Å². The Hall–Kier alpha value is -1.10. The maximum Gasteiger partial charge on any atom is 0.320 e. The quantitative estimate of drug-likeness (QED) is 0.807. The number of nitrogens with zero attached hydrogens (tertiary/aromatic N) is 1. The normalized spacial score (nSPS) is 33.5. The SMILES string of the molecule is CCC1CCN(C2CCCNC(=O)C2)C(C(=O)O)C1. The number of aliphatic carboxylic acids is 1. The molecule has 2 aliphatic rings. The van der Waals surface area contributed by atoms with Gasteiger partial charge in [-0.1, -0.05) is 13.3 Å². The number of hydrogen-bond donors (Lipinski definition) is 2. The van der Waals surface area contributed by atoms with E-state index in [1.54, 1.807) is 0 Å². The molecule has 5 nitrogen and oxygen atoms in total. The van der Waals surface area contributed by atoms with Crippen LogP contribution in [0.2, 0.25) is 0 Å². The molecule has 0 saturated carbocycles. The first-order valence-corrected chi connectivity index (χ1v) is 7.37. The van der Waals surface area contributed by atoms with Crippen LogP contribution in [-0.4, -0.2) is 47.1 Å². The molecular formula is C14H24N2O3. The van der Waals surface area contributed by atoms with E-state index < -0.39 is 12.0 Å². The number of piperidine rings is 1.